The molecule has 3 heteroatoms. The van der Waals surface area contributed by atoms with Crippen molar-refractivity contribution < 1.29 is 5.11 Å². The number of para-hydroxylation sites is 1. The molecule has 2 N–H and O–H groups in total. The second kappa shape index (κ2) is 6.17. The van der Waals surface area contributed by atoms with Gasteiger partial charge < -0.3 is 10.4 Å². The molecule has 1 aromatic carbocycles. The largest absolute Gasteiger partial charge is 0.508 e. The summed E-state index contributed by atoms with van der Waals surface area (Å²) >= 11 is 0. The average Bonchev–Trinajstić information content (AvgIpc) is 2.42. The van der Waals surface area contributed by atoms with Crippen LogP contribution in [0.4, 0.5) is 0 Å². The van der Waals surface area contributed by atoms with Gasteiger partial charge in [0, 0.05) is 30.5 Å². The number of nitrogens with one attached hydrogen (secondary N) is 1. The summed E-state index contributed by atoms with van der Waals surface area (Å²) in [6.07, 6.45) is 4.51. The van der Waals surface area contributed by atoms with Gasteiger partial charge in [-0.25, -0.2) is 0 Å². The normalized spacial score (nSPS) is 12.3. The Morgan fingerprint density at radius 1 is 1.17 bits per heavy atom. The molecule has 0 radical (unpaired) electrons. The van der Waals surface area contributed by atoms with Crippen molar-refractivity contribution in [1.29, 1.82) is 0 Å². The zero-order chi connectivity index (χ0) is 12.8. The van der Waals surface area contributed by atoms with E-state index in [0.717, 1.165) is 18.5 Å². The third-order valence-corrected chi connectivity index (χ3v) is 3.02. The first-order valence-electron chi connectivity index (χ1n) is 6.21. The lowest BCUT2D eigenvalue weighted by Gasteiger charge is -2.18. The lowest BCUT2D eigenvalue weighted by molar-refractivity contribution is 0.441. The number of aromatic nitrogens is 1. The molecule has 1 heterocycles. The average molecular weight is 242 g/mol. The molecule has 1 aromatic heterocycles. The number of hydrogen-bond donors (Lipinski definition) is 2. The molecule has 0 bridgehead atoms. The van der Waals surface area contributed by atoms with E-state index in [1.165, 1.54) is 5.56 Å². The summed E-state index contributed by atoms with van der Waals surface area (Å²) in [4.78, 5) is 4.00. The number of pyridine rings is 1. The van der Waals surface area contributed by atoms with Crippen molar-refractivity contribution in [3.8, 4) is 5.75 Å². The molecule has 0 saturated heterocycles. The fourth-order valence-electron chi connectivity index (χ4n) is 2.00. The quantitative estimate of drug-likeness (QED) is 0.847. The van der Waals surface area contributed by atoms with E-state index >= 15 is 0 Å². The molecule has 94 valence electrons. The van der Waals surface area contributed by atoms with Crippen molar-refractivity contribution >= 4 is 0 Å². The van der Waals surface area contributed by atoms with E-state index in [9.17, 15) is 5.11 Å². The monoisotopic (exact) mass is 242 g/mol. The molecule has 0 aliphatic rings. The molecule has 0 aliphatic carbocycles. The second-order valence-electron chi connectivity index (χ2n) is 4.26. The van der Waals surface area contributed by atoms with Gasteiger partial charge in [0.2, 0.25) is 0 Å². The van der Waals surface area contributed by atoms with Gasteiger partial charge in [-0.15, -0.1) is 0 Å². The predicted octanol–water partition coefficient (Wildman–Crippen LogP) is 3.03. The van der Waals surface area contributed by atoms with Crippen LogP contribution in [0.3, 0.4) is 0 Å². The molecule has 1 atom stereocenters. The summed E-state index contributed by atoms with van der Waals surface area (Å²) in [5, 5.41) is 13.3. The van der Waals surface area contributed by atoms with E-state index in [1.807, 2.05) is 30.3 Å². The fraction of sp³-hybridized carbons (Fsp3) is 0.267. The van der Waals surface area contributed by atoms with E-state index < -0.39 is 0 Å². The number of nitrogens with zero attached hydrogens (tertiary/aromatic N) is 1. The molecule has 1 unspecified atom stereocenters. The minimum absolute atomic E-state index is 0.166. The third-order valence-electron chi connectivity index (χ3n) is 3.02. The molecule has 0 amide bonds. The Labute approximate surface area is 108 Å². The number of phenolic OH excluding ortho intramolecular Hbond substituents is 1. The minimum Gasteiger partial charge on any atom is -0.508 e. The Morgan fingerprint density at radius 3 is 2.56 bits per heavy atom. The highest BCUT2D eigenvalue weighted by atomic mass is 16.3. The van der Waals surface area contributed by atoms with Crippen molar-refractivity contribution in [3.63, 3.8) is 0 Å². The van der Waals surface area contributed by atoms with Crippen LogP contribution in [0.25, 0.3) is 0 Å². The van der Waals surface area contributed by atoms with Gasteiger partial charge >= 0.3 is 0 Å². The lowest BCUT2D eigenvalue weighted by atomic mass is 10.0. The van der Waals surface area contributed by atoms with Crippen molar-refractivity contribution in [2.24, 2.45) is 0 Å². The number of rotatable bonds is 5. The number of hydrogen-bond acceptors (Lipinski definition) is 3. The molecule has 0 aliphatic heterocycles. The summed E-state index contributed by atoms with van der Waals surface area (Å²) in [6, 6.07) is 11.6. The van der Waals surface area contributed by atoms with Crippen LogP contribution in [0.2, 0.25) is 0 Å². The Balaban J connectivity index is 2.04. The van der Waals surface area contributed by atoms with Crippen molar-refractivity contribution in [1.82, 2.24) is 10.3 Å². The van der Waals surface area contributed by atoms with Gasteiger partial charge in [0.05, 0.1) is 0 Å². The molecule has 18 heavy (non-hydrogen) atoms. The number of phenols is 1. The van der Waals surface area contributed by atoms with Crippen LogP contribution in [-0.4, -0.2) is 10.1 Å². The number of benzene rings is 1. The first-order valence-corrected chi connectivity index (χ1v) is 6.21. The van der Waals surface area contributed by atoms with Gasteiger partial charge in [-0.1, -0.05) is 25.1 Å². The van der Waals surface area contributed by atoms with Crippen molar-refractivity contribution in [2.45, 2.75) is 25.9 Å². The first-order chi connectivity index (χ1) is 8.81. The first kappa shape index (κ1) is 12.6. The highest BCUT2D eigenvalue weighted by Gasteiger charge is 2.12. The van der Waals surface area contributed by atoms with Crippen molar-refractivity contribution in [2.75, 3.05) is 0 Å². The molecular formula is C15H18N2O. The Morgan fingerprint density at radius 2 is 1.89 bits per heavy atom. The maximum absolute atomic E-state index is 9.86. The smallest absolute Gasteiger partial charge is 0.120 e. The van der Waals surface area contributed by atoms with Crippen LogP contribution in [0.1, 0.15) is 30.5 Å². The molecule has 0 fully saturated rings. The molecule has 2 aromatic rings. The molecule has 3 nitrogen and oxygen atoms in total. The van der Waals surface area contributed by atoms with E-state index in [2.05, 4.69) is 17.2 Å². The minimum atomic E-state index is 0.166. The highest BCUT2D eigenvalue weighted by molar-refractivity contribution is 5.34. The van der Waals surface area contributed by atoms with Gasteiger partial charge in [-0.2, -0.15) is 0 Å². The van der Waals surface area contributed by atoms with Crippen LogP contribution >= 0.6 is 0 Å². The maximum Gasteiger partial charge on any atom is 0.120 e. The second-order valence-corrected chi connectivity index (χ2v) is 4.26. The molecule has 2 rings (SSSR count). The van der Waals surface area contributed by atoms with Gasteiger partial charge in [-0.3, -0.25) is 4.98 Å². The third kappa shape index (κ3) is 3.08. The van der Waals surface area contributed by atoms with E-state index in [-0.39, 0.29) is 6.04 Å². The van der Waals surface area contributed by atoms with Crippen molar-refractivity contribution in [3.05, 3.63) is 59.9 Å². The maximum atomic E-state index is 9.86. The summed E-state index contributed by atoms with van der Waals surface area (Å²) < 4.78 is 0. The van der Waals surface area contributed by atoms with E-state index in [4.69, 9.17) is 0 Å². The Bertz CT molecular complexity index is 485. The van der Waals surface area contributed by atoms with Crippen LogP contribution in [-0.2, 0) is 6.54 Å². The highest BCUT2D eigenvalue weighted by Crippen LogP contribution is 2.25. The lowest BCUT2D eigenvalue weighted by Crippen LogP contribution is -2.20. The van der Waals surface area contributed by atoms with Gasteiger partial charge in [0.1, 0.15) is 5.75 Å². The van der Waals surface area contributed by atoms with E-state index in [1.54, 1.807) is 18.5 Å². The summed E-state index contributed by atoms with van der Waals surface area (Å²) in [5.74, 6) is 0.353. The fourth-order valence-corrected chi connectivity index (χ4v) is 2.00. The van der Waals surface area contributed by atoms with Crippen LogP contribution < -0.4 is 5.32 Å². The number of aromatic hydroxyl groups is 1. The topological polar surface area (TPSA) is 45.2 Å². The summed E-state index contributed by atoms with van der Waals surface area (Å²) in [6.45, 7) is 2.88. The molecule has 0 spiro atoms. The zero-order valence-electron chi connectivity index (χ0n) is 10.5. The molecule has 0 saturated carbocycles. The Hall–Kier alpha value is -1.87. The Kier molecular flexibility index (Phi) is 4.31. The van der Waals surface area contributed by atoms with Gasteiger partial charge in [-0.05, 0) is 30.2 Å². The predicted molar refractivity (Wildman–Crippen MR) is 72.2 cm³/mol. The SMILES string of the molecule is CCC(NCc1ccncc1)c1ccccc1O. The van der Waals surface area contributed by atoms with Crippen LogP contribution in [0.5, 0.6) is 5.75 Å². The van der Waals surface area contributed by atoms with Gasteiger partial charge in [0.15, 0.2) is 0 Å². The zero-order valence-corrected chi connectivity index (χ0v) is 10.5. The van der Waals surface area contributed by atoms with Crippen LogP contribution in [0, 0.1) is 0 Å². The van der Waals surface area contributed by atoms with Crippen LogP contribution in [0.15, 0.2) is 48.8 Å². The summed E-state index contributed by atoms with van der Waals surface area (Å²) in [7, 11) is 0. The summed E-state index contributed by atoms with van der Waals surface area (Å²) in [5.41, 5.74) is 2.15. The van der Waals surface area contributed by atoms with E-state index in [0.29, 0.717) is 5.75 Å². The van der Waals surface area contributed by atoms with Gasteiger partial charge in [0.25, 0.3) is 0 Å². The standard InChI is InChI=1S/C15H18N2O/c1-2-14(13-5-3-4-6-15(13)18)17-11-12-7-9-16-10-8-12/h3-10,14,17-18H,2,11H2,1H3. The molecular weight excluding hydrogens is 224 g/mol.